The molecule has 0 aromatic heterocycles. The number of carbonyl (C=O) groups excluding carboxylic acids is 1. The van der Waals surface area contributed by atoms with Crippen molar-refractivity contribution in [1.82, 2.24) is 4.90 Å². The van der Waals surface area contributed by atoms with E-state index in [4.69, 9.17) is 4.74 Å². The maximum absolute atomic E-state index is 12.2. The van der Waals surface area contributed by atoms with Gasteiger partial charge in [0.05, 0.1) is 4.92 Å². The Labute approximate surface area is 156 Å². The number of nitrogens with zero attached hydrogens (tertiary/aromatic N) is 2. The number of hydrogen-bond donors (Lipinski definition) is 1. The molecule has 0 aliphatic carbocycles. The van der Waals surface area contributed by atoms with Crippen LogP contribution in [-0.4, -0.2) is 34.1 Å². The lowest BCUT2D eigenvalue weighted by Gasteiger charge is -2.27. The highest BCUT2D eigenvalue weighted by Gasteiger charge is 2.20. The average molecular weight is 368 g/mol. The number of ether oxygens (including phenoxy) is 1. The first-order chi connectivity index (χ1) is 13.0. The number of aromatic hydroxyl groups is 1. The Morgan fingerprint density at radius 1 is 1.19 bits per heavy atom. The predicted molar refractivity (Wildman–Crippen MR) is 100 cm³/mol. The van der Waals surface area contributed by atoms with Crippen LogP contribution in [0.4, 0.5) is 10.5 Å². The van der Waals surface area contributed by atoms with Gasteiger partial charge in [-0.2, -0.15) is 0 Å². The Morgan fingerprint density at radius 2 is 1.89 bits per heavy atom. The molecule has 1 fully saturated rings. The van der Waals surface area contributed by atoms with Crippen molar-refractivity contribution in [2.24, 2.45) is 0 Å². The van der Waals surface area contributed by atoms with Crippen molar-refractivity contribution >= 4 is 17.9 Å². The van der Waals surface area contributed by atoms with Gasteiger partial charge >= 0.3 is 11.8 Å². The second-order valence-corrected chi connectivity index (χ2v) is 6.34. The van der Waals surface area contributed by atoms with Gasteiger partial charge in [0.15, 0.2) is 5.75 Å². The lowest BCUT2D eigenvalue weighted by molar-refractivity contribution is -0.385. The topological polar surface area (TPSA) is 92.9 Å². The van der Waals surface area contributed by atoms with E-state index in [1.54, 1.807) is 11.0 Å². The fraction of sp³-hybridized carbons (Fsp3) is 0.250. The van der Waals surface area contributed by atoms with Gasteiger partial charge in [-0.15, -0.1) is 0 Å². The average Bonchev–Trinajstić information content (AvgIpc) is 2.69. The summed E-state index contributed by atoms with van der Waals surface area (Å²) in [6.07, 6.45) is 2.89. The number of rotatable bonds is 4. The number of phenols is 1. The summed E-state index contributed by atoms with van der Waals surface area (Å²) in [7, 11) is 0. The summed E-state index contributed by atoms with van der Waals surface area (Å²) in [5.41, 5.74) is 2.39. The van der Waals surface area contributed by atoms with Gasteiger partial charge in [0.25, 0.3) is 0 Å². The molecule has 0 radical (unpaired) electrons. The molecular weight excluding hydrogens is 348 g/mol. The van der Waals surface area contributed by atoms with E-state index < -0.39 is 4.92 Å². The zero-order chi connectivity index (χ0) is 19.2. The first-order valence-electron chi connectivity index (χ1n) is 8.65. The number of carbonyl (C=O) groups is 1. The van der Waals surface area contributed by atoms with Crippen molar-refractivity contribution in [1.29, 1.82) is 0 Å². The number of hydrogen-bond acceptors (Lipinski definition) is 5. The van der Waals surface area contributed by atoms with E-state index in [0.717, 1.165) is 11.1 Å². The molecule has 0 saturated carbocycles. The summed E-state index contributed by atoms with van der Waals surface area (Å²) in [6.45, 7) is 1.33. The van der Waals surface area contributed by atoms with Crippen LogP contribution in [0.3, 0.4) is 0 Å². The van der Waals surface area contributed by atoms with E-state index in [-0.39, 0.29) is 24.1 Å². The molecular formula is C20H20N2O5. The standard InChI is InChI=1S/C20H20N2O5/c23-19-7-6-17(13-18(19)22(25)26)12-15-8-10-21(11-9-15)20(24)27-14-16-4-2-1-3-5-16/h1-7,12-13,23H,8-11,14H2. The Hall–Kier alpha value is -3.35. The van der Waals surface area contributed by atoms with Crippen LogP contribution >= 0.6 is 0 Å². The lowest BCUT2D eigenvalue weighted by atomic mass is 10.0. The summed E-state index contributed by atoms with van der Waals surface area (Å²) in [5.74, 6) is -0.349. The predicted octanol–water partition coefficient (Wildman–Crippen LogP) is 4.12. The third-order valence-electron chi connectivity index (χ3n) is 4.44. The summed E-state index contributed by atoms with van der Waals surface area (Å²) in [6, 6.07) is 13.8. The molecule has 140 valence electrons. The normalized spacial score (nSPS) is 13.9. The van der Waals surface area contributed by atoms with Crippen LogP contribution < -0.4 is 0 Å². The summed E-state index contributed by atoms with van der Waals surface area (Å²) >= 11 is 0. The molecule has 1 amide bonds. The molecule has 1 aliphatic heterocycles. The monoisotopic (exact) mass is 368 g/mol. The molecule has 0 bridgehead atoms. The Morgan fingerprint density at radius 3 is 2.56 bits per heavy atom. The number of nitro groups is 1. The molecule has 2 aromatic carbocycles. The number of amides is 1. The maximum atomic E-state index is 12.2. The van der Waals surface area contributed by atoms with Crippen molar-refractivity contribution in [3.63, 3.8) is 0 Å². The summed E-state index contributed by atoms with van der Waals surface area (Å²) in [5, 5.41) is 20.4. The van der Waals surface area contributed by atoms with Gasteiger partial charge in [-0.25, -0.2) is 4.79 Å². The molecule has 7 heteroatoms. The van der Waals surface area contributed by atoms with Gasteiger partial charge in [-0.3, -0.25) is 10.1 Å². The van der Waals surface area contributed by atoms with Crippen LogP contribution in [0.5, 0.6) is 5.75 Å². The second-order valence-electron chi connectivity index (χ2n) is 6.34. The quantitative estimate of drug-likeness (QED) is 0.647. The van der Waals surface area contributed by atoms with E-state index >= 15 is 0 Å². The Balaban J connectivity index is 1.55. The van der Waals surface area contributed by atoms with Gasteiger partial charge in [0.2, 0.25) is 0 Å². The second kappa shape index (κ2) is 8.35. The van der Waals surface area contributed by atoms with Crippen LogP contribution in [0.2, 0.25) is 0 Å². The zero-order valence-corrected chi connectivity index (χ0v) is 14.7. The first kappa shape index (κ1) is 18.4. The molecule has 7 nitrogen and oxygen atoms in total. The smallest absolute Gasteiger partial charge is 0.410 e. The molecule has 0 atom stereocenters. The number of nitro benzene ring substituents is 1. The largest absolute Gasteiger partial charge is 0.502 e. The number of piperidine rings is 1. The lowest BCUT2D eigenvalue weighted by Crippen LogP contribution is -2.36. The molecule has 1 saturated heterocycles. The van der Waals surface area contributed by atoms with Crippen molar-refractivity contribution in [2.45, 2.75) is 19.4 Å². The van der Waals surface area contributed by atoms with Crippen molar-refractivity contribution in [3.8, 4) is 5.75 Å². The zero-order valence-electron chi connectivity index (χ0n) is 14.7. The number of likely N-dealkylation sites (tertiary alicyclic amines) is 1. The molecule has 27 heavy (non-hydrogen) atoms. The summed E-state index contributed by atoms with van der Waals surface area (Å²) < 4.78 is 5.34. The third-order valence-corrected chi connectivity index (χ3v) is 4.44. The van der Waals surface area contributed by atoms with Crippen molar-refractivity contribution in [3.05, 3.63) is 75.3 Å². The van der Waals surface area contributed by atoms with E-state index in [1.807, 2.05) is 36.4 Å². The molecule has 0 unspecified atom stereocenters. The Kier molecular flexibility index (Phi) is 5.71. The highest BCUT2D eigenvalue weighted by Crippen LogP contribution is 2.28. The number of phenolic OH excluding ortho intramolecular Hbond substituents is 1. The fourth-order valence-corrected chi connectivity index (χ4v) is 2.94. The third kappa shape index (κ3) is 4.84. The van der Waals surface area contributed by atoms with E-state index in [9.17, 15) is 20.0 Å². The van der Waals surface area contributed by atoms with Crippen molar-refractivity contribution in [2.75, 3.05) is 13.1 Å². The molecule has 1 N–H and O–H groups in total. The molecule has 1 heterocycles. The Bertz CT molecular complexity index is 854. The number of benzene rings is 2. The van der Waals surface area contributed by atoms with E-state index in [1.165, 1.54) is 12.1 Å². The van der Waals surface area contributed by atoms with Gasteiger partial charge < -0.3 is 14.7 Å². The minimum Gasteiger partial charge on any atom is -0.502 e. The van der Waals surface area contributed by atoms with Crippen LogP contribution in [0.25, 0.3) is 6.08 Å². The fourth-order valence-electron chi connectivity index (χ4n) is 2.94. The minimum atomic E-state index is -0.608. The molecule has 0 spiro atoms. The molecule has 3 rings (SSSR count). The van der Waals surface area contributed by atoms with Gasteiger partial charge in [-0.05, 0) is 30.0 Å². The molecule has 2 aromatic rings. The van der Waals surface area contributed by atoms with Gasteiger partial charge in [0, 0.05) is 19.2 Å². The minimum absolute atomic E-state index is 0.246. The van der Waals surface area contributed by atoms with Gasteiger partial charge in [0.1, 0.15) is 6.61 Å². The highest BCUT2D eigenvalue weighted by molar-refractivity contribution is 5.68. The maximum Gasteiger partial charge on any atom is 0.410 e. The van der Waals surface area contributed by atoms with Crippen LogP contribution in [-0.2, 0) is 11.3 Å². The molecule has 1 aliphatic rings. The van der Waals surface area contributed by atoms with Crippen molar-refractivity contribution < 1.29 is 19.6 Å². The van der Waals surface area contributed by atoms with Crippen LogP contribution in [0, 0.1) is 10.1 Å². The van der Waals surface area contributed by atoms with E-state index in [0.29, 0.717) is 31.5 Å². The SMILES string of the molecule is O=C(OCc1ccccc1)N1CCC(=Cc2ccc(O)c([N+](=O)[O-])c2)CC1. The van der Waals surface area contributed by atoms with Crippen LogP contribution in [0.1, 0.15) is 24.0 Å². The van der Waals surface area contributed by atoms with Gasteiger partial charge in [-0.1, -0.05) is 48.0 Å². The highest BCUT2D eigenvalue weighted by atomic mass is 16.6. The summed E-state index contributed by atoms with van der Waals surface area (Å²) in [4.78, 5) is 24.1. The first-order valence-corrected chi connectivity index (χ1v) is 8.65. The van der Waals surface area contributed by atoms with E-state index in [2.05, 4.69) is 0 Å². The van der Waals surface area contributed by atoms with Crippen LogP contribution in [0.15, 0.2) is 54.1 Å².